The maximum absolute atomic E-state index is 12.3. The summed E-state index contributed by atoms with van der Waals surface area (Å²) in [5.41, 5.74) is 1.08. The maximum atomic E-state index is 12.3. The van der Waals surface area contributed by atoms with E-state index in [0.29, 0.717) is 16.5 Å². The van der Waals surface area contributed by atoms with Gasteiger partial charge in [-0.2, -0.15) is 0 Å². The molecule has 3 aliphatic rings. The monoisotopic (exact) mass is 381 g/mol. The lowest BCUT2D eigenvalue weighted by Gasteiger charge is -2.40. The molecular formula is C16H19N3O4S2. The number of carboxylic acids is 1. The first-order valence-corrected chi connectivity index (χ1v) is 10.0. The van der Waals surface area contributed by atoms with Crippen LogP contribution in [0, 0.1) is 5.92 Å². The molecule has 1 aromatic rings. The molecule has 7 nitrogen and oxygen atoms in total. The number of carboxylic acid groups (broad SMARTS) is 1. The molecule has 134 valence electrons. The molecule has 0 aliphatic carbocycles. The Bertz CT molecular complexity index is 743. The van der Waals surface area contributed by atoms with Gasteiger partial charge < -0.3 is 15.1 Å². The zero-order valence-electron chi connectivity index (χ0n) is 13.8. The molecule has 9 heteroatoms. The molecule has 3 aliphatic heterocycles. The van der Waals surface area contributed by atoms with Gasteiger partial charge in [-0.05, 0) is 6.92 Å². The molecular weight excluding hydrogens is 362 g/mol. The highest BCUT2D eigenvalue weighted by Crippen LogP contribution is 2.50. The summed E-state index contributed by atoms with van der Waals surface area (Å²) < 4.78 is 0. The zero-order valence-corrected chi connectivity index (χ0v) is 15.5. The molecule has 0 bridgehead atoms. The standard InChI is InChI=1S/C16H19N3O4S2/c1-7-11-10(8(2)20)14(21)19(11)12(15(22)23)13(7)25-9-5-18(6-9)16-17-3-4-24-16/h3-4,7-9,12-13,20H,5-6H2,1-2H3,(H,22,23)/t7-,8-,12-,13-/m1/s1. The van der Waals surface area contributed by atoms with Crippen molar-refractivity contribution in [1.29, 1.82) is 0 Å². The average molecular weight is 381 g/mol. The second kappa shape index (κ2) is 6.00. The fourth-order valence-corrected chi connectivity index (χ4v) is 6.24. The molecule has 2 fully saturated rings. The van der Waals surface area contributed by atoms with E-state index in [1.165, 1.54) is 4.90 Å². The summed E-state index contributed by atoms with van der Waals surface area (Å²) in [6.07, 6.45) is 0.921. The minimum absolute atomic E-state index is 0.0673. The summed E-state index contributed by atoms with van der Waals surface area (Å²) >= 11 is 3.24. The molecule has 0 spiro atoms. The number of thiazole rings is 1. The Morgan fingerprint density at radius 3 is 2.76 bits per heavy atom. The third-order valence-electron chi connectivity index (χ3n) is 5.06. The maximum Gasteiger partial charge on any atom is 0.327 e. The number of hydrogen-bond acceptors (Lipinski definition) is 7. The molecule has 2 N–H and O–H groups in total. The highest BCUT2D eigenvalue weighted by Gasteiger charge is 2.58. The van der Waals surface area contributed by atoms with E-state index < -0.39 is 18.1 Å². The first kappa shape index (κ1) is 16.9. The van der Waals surface area contributed by atoms with Crippen LogP contribution < -0.4 is 4.90 Å². The number of aliphatic carboxylic acids is 1. The van der Waals surface area contributed by atoms with E-state index in [-0.39, 0.29) is 17.1 Å². The van der Waals surface area contributed by atoms with Crippen LogP contribution in [0.3, 0.4) is 0 Å². The molecule has 4 atom stereocenters. The zero-order chi connectivity index (χ0) is 17.9. The van der Waals surface area contributed by atoms with Crippen molar-refractivity contribution < 1.29 is 19.8 Å². The largest absolute Gasteiger partial charge is 0.480 e. The van der Waals surface area contributed by atoms with Crippen molar-refractivity contribution in [1.82, 2.24) is 9.88 Å². The van der Waals surface area contributed by atoms with Gasteiger partial charge in [-0.1, -0.05) is 6.92 Å². The summed E-state index contributed by atoms with van der Waals surface area (Å²) in [4.78, 5) is 31.9. The fraction of sp³-hybridized carbons (Fsp3) is 0.562. The Morgan fingerprint density at radius 1 is 1.48 bits per heavy atom. The number of hydrogen-bond donors (Lipinski definition) is 2. The van der Waals surface area contributed by atoms with Crippen LogP contribution >= 0.6 is 23.1 Å². The number of carbonyl (C=O) groups is 2. The van der Waals surface area contributed by atoms with Crippen LogP contribution in [0.5, 0.6) is 0 Å². The van der Waals surface area contributed by atoms with Gasteiger partial charge in [-0.3, -0.25) is 9.69 Å². The summed E-state index contributed by atoms with van der Waals surface area (Å²) in [5.74, 6) is -1.39. The van der Waals surface area contributed by atoms with Gasteiger partial charge in [0, 0.05) is 46.8 Å². The van der Waals surface area contributed by atoms with Crippen LogP contribution in [0.15, 0.2) is 22.8 Å². The third-order valence-corrected chi connectivity index (χ3v) is 7.55. The molecule has 1 amide bonds. The lowest BCUT2D eigenvalue weighted by molar-refractivity contribution is -0.147. The number of rotatable bonds is 5. The van der Waals surface area contributed by atoms with E-state index in [4.69, 9.17) is 0 Å². The van der Waals surface area contributed by atoms with Crippen LogP contribution in [0.2, 0.25) is 0 Å². The molecule has 0 saturated carbocycles. The average Bonchev–Trinajstić information content (AvgIpc) is 3.08. The van der Waals surface area contributed by atoms with E-state index in [1.54, 1.807) is 36.2 Å². The number of thioether (sulfide) groups is 1. The Labute approximate surface area is 153 Å². The van der Waals surface area contributed by atoms with Crippen LogP contribution in [0.25, 0.3) is 0 Å². The minimum Gasteiger partial charge on any atom is -0.480 e. The van der Waals surface area contributed by atoms with E-state index in [0.717, 1.165) is 18.2 Å². The number of aliphatic hydroxyl groups excluding tert-OH is 1. The van der Waals surface area contributed by atoms with Crippen LogP contribution in [0.4, 0.5) is 5.13 Å². The Balaban J connectivity index is 1.50. The van der Waals surface area contributed by atoms with Gasteiger partial charge in [0.25, 0.3) is 5.91 Å². The molecule has 4 rings (SSSR count). The number of carbonyl (C=O) groups excluding carboxylic acids is 1. The second-order valence-corrected chi connectivity index (χ2v) is 9.02. The summed E-state index contributed by atoms with van der Waals surface area (Å²) in [6.45, 7) is 5.18. The van der Waals surface area contributed by atoms with Crippen molar-refractivity contribution in [3.05, 3.63) is 22.8 Å². The summed E-state index contributed by atoms with van der Waals surface area (Å²) in [5, 5.41) is 22.5. The first-order valence-electron chi connectivity index (χ1n) is 8.18. The van der Waals surface area contributed by atoms with Crippen LogP contribution in [-0.4, -0.2) is 67.7 Å². The topological polar surface area (TPSA) is 94.0 Å². The molecule has 0 unspecified atom stereocenters. The number of amides is 1. The first-order chi connectivity index (χ1) is 11.9. The van der Waals surface area contributed by atoms with Crippen molar-refractivity contribution in [3.8, 4) is 0 Å². The normalized spacial score (nSPS) is 30.2. The quantitative estimate of drug-likeness (QED) is 0.786. The van der Waals surface area contributed by atoms with Gasteiger partial charge in [0.2, 0.25) is 0 Å². The molecule has 0 aromatic carbocycles. The van der Waals surface area contributed by atoms with E-state index >= 15 is 0 Å². The number of fused-ring (bicyclic) bond motifs is 1. The third kappa shape index (κ3) is 2.48. The minimum atomic E-state index is -0.978. The Morgan fingerprint density at radius 2 is 2.20 bits per heavy atom. The lowest BCUT2D eigenvalue weighted by Crippen LogP contribution is -2.53. The van der Waals surface area contributed by atoms with Gasteiger partial charge in [-0.25, -0.2) is 9.78 Å². The second-order valence-electron chi connectivity index (χ2n) is 6.66. The number of aromatic nitrogens is 1. The summed E-state index contributed by atoms with van der Waals surface area (Å²) in [7, 11) is 0. The lowest BCUT2D eigenvalue weighted by atomic mass is 9.94. The fourth-order valence-electron chi connectivity index (χ4n) is 3.85. The van der Waals surface area contributed by atoms with Gasteiger partial charge in [0.1, 0.15) is 6.04 Å². The molecule has 4 heterocycles. The van der Waals surface area contributed by atoms with Crippen LogP contribution in [-0.2, 0) is 9.59 Å². The molecule has 1 aromatic heterocycles. The van der Waals surface area contributed by atoms with Gasteiger partial charge >= 0.3 is 5.97 Å². The summed E-state index contributed by atoms with van der Waals surface area (Å²) in [6, 6.07) is -0.848. The van der Waals surface area contributed by atoms with Crippen molar-refractivity contribution in [2.75, 3.05) is 18.0 Å². The number of aliphatic hydroxyl groups is 1. The SMILES string of the molecule is C[C@@H]1C2=C([C@@H](C)O)C(=O)N2[C@@H](C(=O)O)[C@@H]1SC1CN(c2nccs2)C1. The van der Waals surface area contributed by atoms with Gasteiger partial charge in [-0.15, -0.1) is 23.1 Å². The molecule has 0 radical (unpaired) electrons. The van der Waals surface area contributed by atoms with Gasteiger partial charge in [0.15, 0.2) is 5.13 Å². The predicted molar refractivity (Wildman–Crippen MR) is 95.6 cm³/mol. The number of anilines is 1. The van der Waals surface area contributed by atoms with E-state index in [1.807, 2.05) is 12.3 Å². The number of nitrogens with zero attached hydrogens (tertiary/aromatic N) is 3. The van der Waals surface area contributed by atoms with Crippen molar-refractivity contribution in [2.24, 2.45) is 5.92 Å². The van der Waals surface area contributed by atoms with Gasteiger partial charge in [0.05, 0.1) is 11.7 Å². The highest BCUT2D eigenvalue weighted by molar-refractivity contribution is 8.00. The Kier molecular flexibility index (Phi) is 4.04. The number of allylic oxidation sites excluding steroid dienone is 1. The van der Waals surface area contributed by atoms with Crippen molar-refractivity contribution in [3.63, 3.8) is 0 Å². The predicted octanol–water partition coefficient (Wildman–Crippen LogP) is 1.01. The van der Waals surface area contributed by atoms with E-state index in [9.17, 15) is 19.8 Å². The van der Waals surface area contributed by atoms with E-state index in [2.05, 4.69) is 9.88 Å². The highest BCUT2D eigenvalue weighted by atomic mass is 32.2. The molecule has 25 heavy (non-hydrogen) atoms. The van der Waals surface area contributed by atoms with Crippen molar-refractivity contribution in [2.45, 2.75) is 36.5 Å². The smallest absolute Gasteiger partial charge is 0.327 e. The van der Waals surface area contributed by atoms with Crippen LogP contribution in [0.1, 0.15) is 13.8 Å². The Hall–Kier alpha value is -1.58. The van der Waals surface area contributed by atoms with Crippen molar-refractivity contribution >= 4 is 40.1 Å². The molecule has 2 saturated heterocycles.